The van der Waals surface area contributed by atoms with E-state index in [0.717, 1.165) is 59.4 Å². The molecule has 1 heterocycles. The lowest BCUT2D eigenvalue weighted by Gasteiger charge is -2.14. The van der Waals surface area contributed by atoms with Gasteiger partial charge in [0.25, 0.3) is 5.91 Å². The molecular formula is C31H29Cl2N3O2. The van der Waals surface area contributed by atoms with E-state index in [0.29, 0.717) is 21.4 Å². The van der Waals surface area contributed by atoms with E-state index in [1.807, 2.05) is 72.3 Å². The maximum absolute atomic E-state index is 13.7. The number of aromatic nitrogens is 2. The lowest BCUT2D eigenvalue weighted by Crippen LogP contribution is -2.28. The predicted octanol–water partition coefficient (Wildman–Crippen LogP) is 7.95. The SMILES string of the molecule is COc1ccc(/C=C2\CCCCc3c(C(=O)N[C@H](C)c4ccccc4)nn(-c4ccc(Cl)cc4Cl)c32)cc1. The van der Waals surface area contributed by atoms with Crippen molar-refractivity contribution in [2.24, 2.45) is 0 Å². The fourth-order valence-electron chi connectivity index (χ4n) is 4.89. The molecule has 1 amide bonds. The molecule has 4 aromatic rings. The summed E-state index contributed by atoms with van der Waals surface area (Å²) in [6, 6.07) is 23.0. The predicted molar refractivity (Wildman–Crippen MR) is 154 cm³/mol. The quantitative estimate of drug-likeness (QED) is 0.250. The van der Waals surface area contributed by atoms with Crippen LogP contribution in [-0.2, 0) is 6.42 Å². The van der Waals surface area contributed by atoms with Crippen LogP contribution in [-0.4, -0.2) is 22.8 Å². The number of hydrogen-bond donors (Lipinski definition) is 1. The van der Waals surface area contributed by atoms with Crippen LogP contribution in [0, 0.1) is 0 Å². The Balaban J connectivity index is 1.63. The fraction of sp³-hybridized carbons (Fsp3) is 0.226. The Morgan fingerprint density at radius 3 is 2.47 bits per heavy atom. The zero-order valence-corrected chi connectivity index (χ0v) is 22.9. The maximum Gasteiger partial charge on any atom is 0.272 e. The van der Waals surface area contributed by atoms with Gasteiger partial charge < -0.3 is 10.1 Å². The third kappa shape index (κ3) is 5.50. The summed E-state index contributed by atoms with van der Waals surface area (Å²) in [7, 11) is 1.66. The van der Waals surface area contributed by atoms with Crippen molar-refractivity contribution in [3.05, 3.63) is 111 Å². The molecule has 5 nitrogen and oxygen atoms in total. The summed E-state index contributed by atoms with van der Waals surface area (Å²) in [4.78, 5) is 13.7. The average Bonchev–Trinajstić information content (AvgIpc) is 3.18. The third-order valence-electron chi connectivity index (χ3n) is 6.87. The lowest BCUT2D eigenvalue weighted by atomic mass is 10.0. The summed E-state index contributed by atoms with van der Waals surface area (Å²) in [5.41, 5.74) is 6.16. The van der Waals surface area contributed by atoms with Gasteiger partial charge in [0.1, 0.15) is 5.75 Å². The maximum atomic E-state index is 13.7. The molecule has 0 radical (unpaired) electrons. The van der Waals surface area contributed by atoms with Crippen LogP contribution in [0.25, 0.3) is 17.3 Å². The van der Waals surface area contributed by atoms with Gasteiger partial charge in [0.2, 0.25) is 0 Å². The Hall–Kier alpha value is -3.54. The van der Waals surface area contributed by atoms with Crippen molar-refractivity contribution in [2.75, 3.05) is 7.11 Å². The van der Waals surface area contributed by atoms with Crippen LogP contribution in [0.5, 0.6) is 5.75 Å². The minimum absolute atomic E-state index is 0.163. The number of rotatable bonds is 6. The van der Waals surface area contributed by atoms with Gasteiger partial charge >= 0.3 is 0 Å². The summed E-state index contributed by atoms with van der Waals surface area (Å²) < 4.78 is 7.14. The van der Waals surface area contributed by atoms with E-state index < -0.39 is 0 Å². The van der Waals surface area contributed by atoms with Crippen LogP contribution < -0.4 is 10.1 Å². The topological polar surface area (TPSA) is 56.1 Å². The van der Waals surface area contributed by atoms with Crippen molar-refractivity contribution >= 4 is 40.8 Å². The standard InChI is InChI=1S/C31H29Cl2N3O2/c1-20(22-8-4-3-5-9-22)34-31(37)29-26-11-7-6-10-23(18-21-12-15-25(38-2)16-13-21)30(26)36(35-29)28-17-14-24(32)19-27(28)33/h3-5,8-9,12-20H,6-7,10-11H2,1-2H3,(H,34,37)/b23-18+/t20-/m1/s1. The van der Waals surface area contributed by atoms with E-state index in [1.54, 1.807) is 19.2 Å². The number of ether oxygens (including phenoxy) is 1. The number of allylic oxidation sites excluding steroid dienone is 1. The molecule has 1 aliphatic rings. The molecule has 1 N–H and O–H groups in total. The Morgan fingerprint density at radius 2 is 1.76 bits per heavy atom. The number of carbonyl (C=O) groups is 1. The molecule has 1 aliphatic carbocycles. The highest BCUT2D eigenvalue weighted by molar-refractivity contribution is 6.35. The number of nitrogens with zero attached hydrogens (tertiary/aromatic N) is 2. The molecule has 0 saturated carbocycles. The van der Waals surface area contributed by atoms with Crippen molar-refractivity contribution in [3.8, 4) is 11.4 Å². The van der Waals surface area contributed by atoms with E-state index >= 15 is 0 Å². The van der Waals surface area contributed by atoms with E-state index in [-0.39, 0.29) is 11.9 Å². The number of methoxy groups -OCH3 is 1. The van der Waals surface area contributed by atoms with Gasteiger partial charge in [0.15, 0.2) is 5.69 Å². The highest BCUT2D eigenvalue weighted by Gasteiger charge is 2.28. The number of benzene rings is 3. The van der Waals surface area contributed by atoms with Gasteiger partial charge in [-0.25, -0.2) is 4.68 Å². The van der Waals surface area contributed by atoms with Crippen LogP contribution in [0.2, 0.25) is 10.0 Å². The van der Waals surface area contributed by atoms with Gasteiger partial charge in [-0.15, -0.1) is 0 Å². The zero-order valence-electron chi connectivity index (χ0n) is 21.4. The van der Waals surface area contributed by atoms with Gasteiger partial charge in [-0.3, -0.25) is 4.79 Å². The van der Waals surface area contributed by atoms with Crippen LogP contribution in [0.4, 0.5) is 0 Å². The van der Waals surface area contributed by atoms with Crippen molar-refractivity contribution in [1.29, 1.82) is 0 Å². The Morgan fingerprint density at radius 1 is 1.03 bits per heavy atom. The second kappa shape index (κ2) is 11.5. The largest absolute Gasteiger partial charge is 0.497 e. The molecule has 0 bridgehead atoms. The summed E-state index contributed by atoms with van der Waals surface area (Å²) >= 11 is 12.9. The van der Waals surface area contributed by atoms with E-state index in [4.69, 9.17) is 33.0 Å². The van der Waals surface area contributed by atoms with Crippen molar-refractivity contribution in [2.45, 2.75) is 38.6 Å². The first-order valence-electron chi connectivity index (χ1n) is 12.7. The average molecular weight is 546 g/mol. The lowest BCUT2D eigenvalue weighted by molar-refractivity contribution is 0.0933. The molecule has 0 aliphatic heterocycles. The third-order valence-corrected chi connectivity index (χ3v) is 7.41. The van der Waals surface area contributed by atoms with E-state index in [1.165, 1.54) is 0 Å². The first-order valence-corrected chi connectivity index (χ1v) is 13.5. The van der Waals surface area contributed by atoms with Gasteiger partial charge in [-0.05, 0) is 85.7 Å². The van der Waals surface area contributed by atoms with Gasteiger partial charge in [-0.1, -0.05) is 65.7 Å². The Kier molecular flexibility index (Phi) is 7.87. The molecule has 3 aromatic carbocycles. The number of nitrogens with one attached hydrogen (secondary N) is 1. The monoisotopic (exact) mass is 545 g/mol. The zero-order chi connectivity index (χ0) is 26.6. The second-order valence-electron chi connectivity index (χ2n) is 9.44. The molecule has 194 valence electrons. The number of carbonyl (C=O) groups excluding carboxylic acids is 1. The van der Waals surface area contributed by atoms with Crippen molar-refractivity contribution < 1.29 is 9.53 Å². The fourth-order valence-corrected chi connectivity index (χ4v) is 5.38. The van der Waals surface area contributed by atoms with Crippen LogP contribution in [0.1, 0.15) is 65.1 Å². The summed E-state index contributed by atoms with van der Waals surface area (Å²) in [5, 5.41) is 9.04. The minimum atomic E-state index is -0.202. The minimum Gasteiger partial charge on any atom is -0.497 e. The molecule has 5 rings (SSSR count). The molecule has 0 fully saturated rings. The van der Waals surface area contributed by atoms with Crippen molar-refractivity contribution in [3.63, 3.8) is 0 Å². The highest BCUT2D eigenvalue weighted by Crippen LogP contribution is 2.37. The number of halogens is 2. The van der Waals surface area contributed by atoms with Crippen molar-refractivity contribution in [1.82, 2.24) is 15.1 Å². The van der Waals surface area contributed by atoms with E-state index in [2.05, 4.69) is 11.4 Å². The summed E-state index contributed by atoms with van der Waals surface area (Å²) in [6.07, 6.45) is 5.74. The summed E-state index contributed by atoms with van der Waals surface area (Å²) in [6.45, 7) is 1.98. The van der Waals surface area contributed by atoms with Crippen LogP contribution >= 0.6 is 23.2 Å². The van der Waals surface area contributed by atoms with Gasteiger partial charge in [-0.2, -0.15) is 5.10 Å². The smallest absolute Gasteiger partial charge is 0.272 e. The number of fused-ring (bicyclic) bond motifs is 1. The molecule has 1 aromatic heterocycles. The molecule has 7 heteroatoms. The molecule has 38 heavy (non-hydrogen) atoms. The second-order valence-corrected chi connectivity index (χ2v) is 10.3. The Labute approximate surface area is 233 Å². The first-order chi connectivity index (χ1) is 18.4. The summed E-state index contributed by atoms with van der Waals surface area (Å²) in [5.74, 6) is 0.602. The first kappa shape index (κ1) is 26.1. The highest BCUT2D eigenvalue weighted by atomic mass is 35.5. The number of amides is 1. The molecule has 0 unspecified atom stereocenters. The van der Waals surface area contributed by atoms with Crippen LogP contribution in [0.15, 0.2) is 72.8 Å². The molecule has 0 saturated heterocycles. The Bertz CT molecular complexity index is 1480. The van der Waals surface area contributed by atoms with Gasteiger partial charge in [0.05, 0.1) is 29.6 Å². The normalized spacial score (nSPS) is 15.0. The molecule has 0 spiro atoms. The van der Waals surface area contributed by atoms with Crippen LogP contribution in [0.3, 0.4) is 0 Å². The van der Waals surface area contributed by atoms with Gasteiger partial charge in [0, 0.05) is 10.6 Å². The molecular weight excluding hydrogens is 517 g/mol. The number of hydrogen-bond acceptors (Lipinski definition) is 3. The van der Waals surface area contributed by atoms with E-state index in [9.17, 15) is 4.79 Å². The molecule has 1 atom stereocenters.